The van der Waals surface area contributed by atoms with Gasteiger partial charge < -0.3 is 0 Å². The summed E-state index contributed by atoms with van der Waals surface area (Å²) in [5.74, 6) is -0.565. The van der Waals surface area contributed by atoms with Gasteiger partial charge in [0, 0.05) is 11.1 Å². The normalized spacial score (nSPS) is 14.8. The maximum Gasteiger partial charge on any atom is 0.694 e. The van der Waals surface area contributed by atoms with Crippen LogP contribution in [-0.2, 0) is 9.09 Å². The number of carbonyl (C=O) groups excluding carboxylic acids is 2. The molecule has 1 aliphatic heterocycles. The van der Waals surface area contributed by atoms with Gasteiger partial charge >= 0.3 is 8.25 Å². The Kier molecular flexibility index (Phi) is 4.37. The quantitative estimate of drug-likeness (QED) is 0.488. The Labute approximate surface area is 110 Å². The Bertz CT molecular complexity index is 496. The molecule has 1 heterocycles. The highest BCUT2D eigenvalue weighted by Gasteiger charge is 2.34. The van der Waals surface area contributed by atoms with Crippen LogP contribution < -0.4 is 0 Å². The van der Waals surface area contributed by atoms with Crippen LogP contribution in [0.3, 0.4) is 0 Å². The summed E-state index contributed by atoms with van der Waals surface area (Å²) in [7, 11) is -2.58. The maximum atomic E-state index is 12.0. The van der Waals surface area contributed by atoms with Crippen molar-refractivity contribution in [3.8, 4) is 0 Å². The molecule has 100 valence electrons. The summed E-state index contributed by atoms with van der Waals surface area (Å²) in [5, 5.41) is 0. The summed E-state index contributed by atoms with van der Waals surface area (Å²) in [6.45, 7) is 0.423. The smallest absolute Gasteiger partial charge is 0.274 e. The fourth-order valence-electron chi connectivity index (χ4n) is 1.96. The summed E-state index contributed by atoms with van der Waals surface area (Å²) in [5.41, 5.74) is 0.865. The van der Waals surface area contributed by atoms with Crippen molar-refractivity contribution in [3.63, 3.8) is 0 Å². The predicted octanol–water partition coefficient (Wildman–Crippen LogP) is 1.73. The molecule has 0 aliphatic carbocycles. The molecule has 0 spiro atoms. The number of nitrogens with zero attached hydrogens (tertiary/aromatic N) is 1. The van der Waals surface area contributed by atoms with Gasteiger partial charge in [0.1, 0.15) is 6.61 Å². The zero-order valence-corrected chi connectivity index (χ0v) is 11.0. The van der Waals surface area contributed by atoms with E-state index in [-0.39, 0.29) is 25.0 Å². The molecule has 7 heteroatoms. The molecule has 0 fully saturated rings. The molecule has 1 aliphatic rings. The number of amides is 2. The number of carbonyl (C=O) groups is 2. The van der Waals surface area contributed by atoms with Crippen LogP contribution in [0.5, 0.6) is 0 Å². The number of unbranched alkanes of at least 4 members (excludes halogenated alkanes) is 1. The second-order valence-corrected chi connectivity index (χ2v) is 4.82. The number of imide groups is 1. The minimum absolute atomic E-state index is 0.134. The lowest BCUT2D eigenvalue weighted by Crippen LogP contribution is -2.30. The average Bonchev–Trinajstić information content (AvgIpc) is 2.63. The molecular weight excluding hydrogens is 269 g/mol. The fraction of sp³-hybridized carbons (Fsp3) is 0.333. The van der Waals surface area contributed by atoms with Gasteiger partial charge in [-0.2, -0.15) is 0 Å². The fourth-order valence-corrected chi connectivity index (χ4v) is 2.24. The van der Waals surface area contributed by atoms with Crippen LogP contribution in [0.15, 0.2) is 24.3 Å². The highest BCUT2D eigenvalue weighted by Crippen LogP contribution is 2.22. The van der Waals surface area contributed by atoms with E-state index in [0.29, 0.717) is 24.0 Å². The first-order valence-electron chi connectivity index (χ1n) is 5.85. The second-order valence-electron chi connectivity index (χ2n) is 4.09. The Morgan fingerprint density at radius 1 is 1.11 bits per heavy atom. The van der Waals surface area contributed by atoms with Gasteiger partial charge in [-0.15, -0.1) is 9.42 Å². The molecule has 0 bridgehead atoms. The van der Waals surface area contributed by atoms with Crippen LogP contribution in [0.2, 0.25) is 0 Å². The molecule has 2 amide bonds. The first-order valence-corrected chi connectivity index (χ1v) is 6.98. The summed E-state index contributed by atoms with van der Waals surface area (Å²) in [6.07, 6.45) is 1.05. The molecule has 1 N–H and O–H groups in total. The monoisotopic (exact) mass is 282 g/mol. The standard InChI is InChI=1S/C12H12NO5P/c14-11-9-5-1-2-6-10(9)12(15)13(11)7-3-4-8-18-19(16)17/h1-2,5-6H,3-4,7-8H2/p+1. The van der Waals surface area contributed by atoms with E-state index < -0.39 is 8.25 Å². The molecule has 0 aromatic heterocycles. The third-order valence-corrected chi connectivity index (χ3v) is 3.26. The number of fused-ring (bicyclic) bond motifs is 1. The van der Waals surface area contributed by atoms with E-state index in [2.05, 4.69) is 4.52 Å². The average molecular weight is 282 g/mol. The van der Waals surface area contributed by atoms with Crippen molar-refractivity contribution < 1.29 is 23.6 Å². The molecule has 1 aromatic rings. The Morgan fingerprint density at radius 2 is 1.68 bits per heavy atom. The Balaban J connectivity index is 1.88. The van der Waals surface area contributed by atoms with Gasteiger partial charge in [0.05, 0.1) is 11.1 Å². The van der Waals surface area contributed by atoms with E-state index in [4.69, 9.17) is 4.89 Å². The highest BCUT2D eigenvalue weighted by atomic mass is 31.1. The lowest BCUT2D eigenvalue weighted by molar-refractivity contribution is 0.0649. The first kappa shape index (κ1) is 13.8. The summed E-state index contributed by atoms with van der Waals surface area (Å²) in [6, 6.07) is 6.71. The van der Waals surface area contributed by atoms with Crippen molar-refractivity contribution in [2.24, 2.45) is 0 Å². The molecule has 1 atom stereocenters. The molecule has 19 heavy (non-hydrogen) atoms. The van der Waals surface area contributed by atoms with Crippen LogP contribution >= 0.6 is 8.25 Å². The van der Waals surface area contributed by atoms with Crippen molar-refractivity contribution in [2.45, 2.75) is 12.8 Å². The molecule has 2 rings (SSSR count). The maximum absolute atomic E-state index is 12.0. The van der Waals surface area contributed by atoms with Gasteiger partial charge in [-0.05, 0) is 25.0 Å². The van der Waals surface area contributed by atoms with Crippen molar-refractivity contribution >= 4 is 20.1 Å². The van der Waals surface area contributed by atoms with Gasteiger partial charge in [-0.3, -0.25) is 14.5 Å². The van der Waals surface area contributed by atoms with Crippen molar-refractivity contribution in [2.75, 3.05) is 13.2 Å². The van der Waals surface area contributed by atoms with Crippen LogP contribution in [0, 0.1) is 0 Å². The summed E-state index contributed by atoms with van der Waals surface area (Å²) < 4.78 is 14.8. The lowest BCUT2D eigenvalue weighted by Gasteiger charge is -2.12. The third kappa shape index (κ3) is 3.04. The number of hydrogen-bond acceptors (Lipinski definition) is 4. The minimum atomic E-state index is -2.58. The van der Waals surface area contributed by atoms with E-state index in [1.807, 2.05) is 0 Å². The van der Waals surface area contributed by atoms with E-state index >= 15 is 0 Å². The summed E-state index contributed by atoms with van der Waals surface area (Å²) >= 11 is 0. The second kappa shape index (κ2) is 6.02. The first-order chi connectivity index (χ1) is 9.11. The van der Waals surface area contributed by atoms with E-state index in [0.717, 1.165) is 0 Å². The zero-order valence-electron chi connectivity index (χ0n) is 10.1. The highest BCUT2D eigenvalue weighted by molar-refractivity contribution is 7.32. The van der Waals surface area contributed by atoms with Crippen molar-refractivity contribution in [3.05, 3.63) is 35.4 Å². The SMILES string of the molecule is O=C1c2ccccc2C(=O)N1CCCCO[P+](=O)O. The molecule has 0 saturated carbocycles. The third-order valence-electron chi connectivity index (χ3n) is 2.86. The molecule has 6 nitrogen and oxygen atoms in total. The van der Waals surface area contributed by atoms with Crippen molar-refractivity contribution in [1.82, 2.24) is 4.90 Å². The van der Waals surface area contributed by atoms with Crippen LogP contribution in [0.1, 0.15) is 33.6 Å². The molecule has 0 saturated heterocycles. The van der Waals surface area contributed by atoms with E-state index in [1.165, 1.54) is 4.90 Å². The summed E-state index contributed by atoms with van der Waals surface area (Å²) in [4.78, 5) is 33.6. The van der Waals surface area contributed by atoms with Crippen LogP contribution in [0.25, 0.3) is 0 Å². The predicted molar refractivity (Wildman–Crippen MR) is 66.8 cm³/mol. The topological polar surface area (TPSA) is 83.9 Å². The minimum Gasteiger partial charge on any atom is -0.274 e. The van der Waals surface area contributed by atoms with E-state index in [9.17, 15) is 14.2 Å². The van der Waals surface area contributed by atoms with E-state index in [1.54, 1.807) is 24.3 Å². The number of hydrogen-bond donors (Lipinski definition) is 1. The largest absolute Gasteiger partial charge is 0.694 e. The number of rotatable bonds is 6. The number of benzene rings is 1. The van der Waals surface area contributed by atoms with Gasteiger partial charge in [0.2, 0.25) is 0 Å². The van der Waals surface area contributed by atoms with Gasteiger partial charge in [0.15, 0.2) is 0 Å². The van der Waals surface area contributed by atoms with Crippen molar-refractivity contribution in [1.29, 1.82) is 0 Å². The molecule has 1 unspecified atom stereocenters. The van der Waals surface area contributed by atoms with Gasteiger partial charge in [-0.1, -0.05) is 12.1 Å². The lowest BCUT2D eigenvalue weighted by atomic mass is 10.1. The Morgan fingerprint density at radius 3 is 2.21 bits per heavy atom. The molecule has 0 radical (unpaired) electrons. The van der Waals surface area contributed by atoms with Gasteiger partial charge in [0.25, 0.3) is 11.8 Å². The van der Waals surface area contributed by atoms with Gasteiger partial charge in [-0.25, -0.2) is 0 Å². The molecule has 1 aromatic carbocycles. The van der Waals surface area contributed by atoms with Crippen LogP contribution in [-0.4, -0.2) is 34.8 Å². The zero-order chi connectivity index (χ0) is 13.8. The molecular formula is C12H13NO5P+. The van der Waals surface area contributed by atoms with Crippen LogP contribution in [0.4, 0.5) is 0 Å². The Hall–Kier alpha value is -1.62.